The smallest absolute Gasteiger partial charge is 0.0547 e. The predicted molar refractivity (Wildman–Crippen MR) is 86.3 cm³/mol. The molecule has 1 fully saturated rings. The molecule has 0 aliphatic carbocycles. The third-order valence-electron chi connectivity index (χ3n) is 4.27. The van der Waals surface area contributed by atoms with Crippen LogP contribution in [0.25, 0.3) is 0 Å². The van der Waals surface area contributed by atoms with Crippen molar-refractivity contribution in [1.82, 2.24) is 15.1 Å². The molecule has 20 heavy (non-hydrogen) atoms. The van der Waals surface area contributed by atoms with E-state index in [0.29, 0.717) is 17.5 Å². The van der Waals surface area contributed by atoms with Crippen LogP contribution in [0.5, 0.6) is 0 Å². The van der Waals surface area contributed by atoms with Gasteiger partial charge in [0.2, 0.25) is 0 Å². The summed E-state index contributed by atoms with van der Waals surface area (Å²) in [6.07, 6.45) is 1.18. The molecule has 1 aliphatic rings. The van der Waals surface area contributed by atoms with Crippen molar-refractivity contribution < 1.29 is 4.74 Å². The quantitative estimate of drug-likeness (QED) is 0.697. The lowest BCUT2D eigenvalue weighted by Gasteiger charge is -2.38. The van der Waals surface area contributed by atoms with Gasteiger partial charge in [-0.1, -0.05) is 20.8 Å². The maximum Gasteiger partial charge on any atom is 0.0547 e. The third-order valence-corrected chi connectivity index (χ3v) is 4.27. The van der Waals surface area contributed by atoms with Crippen LogP contribution < -0.4 is 5.32 Å². The maximum absolute atomic E-state index is 5.72. The summed E-state index contributed by atoms with van der Waals surface area (Å²) in [6, 6.07) is 1.13. The van der Waals surface area contributed by atoms with Gasteiger partial charge in [-0.3, -0.25) is 4.90 Å². The highest BCUT2D eigenvalue weighted by molar-refractivity contribution is 4.90. The molecule has 2 atom stereocenters. The summed E-state index contributed by atoms with van der Waals surface area (Å²) in [5.41, 5.74) is 0.293. The number of nitrogens with one attached hydrogen (secondary N) is 1. The molecule has 1 heterocycles. The van der Waals surface area contributed by atoms with E-state index in [2.05, 4.69) is 56.9 Å². The van der Waals surface area contributed by atoms with Gasteiger partial charge in [-0.25, -0.2) is 0 Å². The molecule has 4 heteroatoms. The van der Waals surface area contributed by atoms with E-state index < -0.39 is 0 Å². The van der Waals surface area contributed by atoms with Crippen molar-refractivity contribution in [2.24, 2.45) is 5.41 Å². The first kappa shape index (κ1) is 17.9. The number of likely N-dealkylation sites (N-methyl/N-ethyl adjacent to an activating group) is 2. The molecule has 0 aromatic rings. The van der Waals surface area contributed by atoms with Gasteiger partial charge in [0.05, 0.1) is 6.61 Å². The molecule has 0 spiro atoms. The van der Waals surface area contributed by atoms with Crippen molar-refractivity contribution >= 4 is 0 Å². The number of rotatable bonds is 9. The second-order valence-electron chi connectivity index (χ2n) is 7.01. The molecule has 0 aromatic carbocycles. The fourth-order valence-electron chi connectivity index (χ4n) is 3.04. The molecule has 120 valence electrons. The first-order valence-electron chi connectivity index (χ1n) is 8.08. The van der Waals surface area contributed by atoms with E-state index in [4.69, 9.17) is 4.74 Å². The zero-order valence-corrected chi connectivity index (χ0v) is 14.4. The third kappa shape index (κ3) is 5.68. The summed E-state index contributed by atoms with van der Waals surface area (Å²) in [5, 5.41) is 3.62. The van der Waals surface area contributed by atoms with Crippen molar-refractivity contribution in [3.05, 3.63) is 0 Å². The Morgan fingerprint density at radius 1 is 1.25 bits per heavy atom. The largest absolute Gasteiger partial charge is 0.381 e. The van der Waals surface area contributed by atoms with Gasteiger partial charge in [0.25, 0.3) is 0 Å². The molecule has 1 N–H and O–H groups in total. The Bertz CT molecular complexity index is 262. The number of ether oxygens (including phenoxy) is 1. The topological polar surface area (TPSA) is 27.7 Å². The Morgan fingerprint density at radius 2 is 1.95 bits per heavy atom. The monoisotopic (exact) mass is 285 g/mol. The first-order chi connectivity index (χ1) is 9.38. The van der Waals surface area contributed by atoms with Crippen LogP contribution in [-0.2, 0) is 4.74 Å². The van der Waals surface area contributed by atoms with Crippen molar-refractivity contribution in [3.63, 3.8) is 0 Å². The van der Waals surface area contributed by atoms with E-state index in [1.165, 1.54) is 6.42 Å². The van der Waals surface area contributed by atoms with Crippen molar-refractivity contribution in [3.8, 4) is 0 Å². The van der Waals surface area contributed by atoms with Crippen LogP contribution in [0.15, 0.2) is 0 Å². The lowest BCUT2D eigenvalue weighted by Crippen LogP contribution is -2.50. The van der Waals surface area contributed by atoms with Gasteiger partial charge in [-0.05, 0) is 34.0 Å². The minimum atomic E-state index is 0.293. The van der Waals surface area contributed by atoms with Crippen molar-refractivity contribution in [2.45, 2.75) is 46.2 Å². The summed E-state index contributed by atoms with van der Waals surface area (Å²) in [7, 11) is 4.30. The van der Waals surface area contributed by atoms with Gasteiger partial charge in [0, 0.05) is 43.7 Å². The van der Waals surface area contributed by atoms with Gasteiger partial charge in [0.15, 0.2) is 0 Å². The van der Waals surface area contributed by atoms with E-state index in [1.807, 2.05) is 0 Å². The van der Waals surface area contributed by atoms with Crippen LogP contribution in [0.3, 0.4) is 0 Å². The number of hydrogen-bond acceptors (Lipinski definition) is 4. The Kier molecular flexibility index (Phi) is 7.45. The van der Waals surface area contributed by atoms with Crippen molar-refractivity contribution in [1.29, 1.82) is 0 Å². The average Bonchev–Trinajstić information content (AvgIpc) is 2.82. The second-order valence-corrected chi connectivity index (χ2v) is 7.01. The Hall–Kier alpha value is -0.160. The molecule has 1 rings (SSSR count). The van der Waals surface area contributed by atoms with E-state index in [9.17, 15) is 0 Å². The minimum absolute atomic E-state index is 0.293. The van der Waals surface area contributed by atoms with Crippen LogP contribution in [0.1, 0.15) is 34.1 Å². The van der Waals surface area contributed by atoms with Gasteiger partial charge < -0.3 is 15.0 Å². The molecule has 0 aromatic heterocycles. The fraction of sp³-hybridized carbons (Fsp3) is 1.00. The lowest BCUT2D eigenvalue weighted by molar-refractivity contribution is 0.0827. The first-order valence-corrected chi connectivity index (χ1v) is 8.08. The molecule has 1 aliphatic heterocycles. The van der Waals surface area contributed by atoms with Crippen LogP contribution in [0.4, 0.5) is 0 Å². The summed E-state index contributed by atoms with van der Waals surface area (Å²) in [5.74, 6) is 0. The zero-order chi connectivity index (χ0) is 15.2. The van der Waals surface area contributed by atoms with Gasteiger partial charge in [-0.15, -0.1) is 0 Å². The normalized spacial score (nSPS) is 25.1. The van der Waals surface area contributed by atoms with Gasteiger partial charge in [0.1, 0.15) is 0 Å². The van der Waals surface area contributed by atoms with Crippen molar-refractivity contribution in [2.75, 3.05) is 53.5 Å². The number of nitrogens with zero attached hydrogens (tertiary/aromatic N) is 2. The van der Waals surface area contributed by atoms with Crippen LogP contribution >= 0.6 is 0 Å². The molecule has 2 unspecified atom stereocenters. The summed E-state index contributed by atoms with van der Waals surface area (Å²) in [4.78, 5) is 4.88. The Labute approximate surface area is 125 Å². The maximum atomic E-state index is 5.72. The van der Waals surface area contributed by atoms with Crippen LogP contribution in [-0.4, -0.2) is 75.4 Å². The van der Waals surface area contributed by atoms with Gasteiger partial charge >= 0.3 is 0 Å². The van der Waals surface area contributed by atoms with E-state index in [1.54, 1.807) is 0 Å². The summed E-state index contributed by atoms with van der Waals surface area (Å²) >= 11 is 0. The second kappa shape index (κ2) is 8.32. The highest BCUT2D eigenvalue weighted by atomic mass is 16.5. The molecular weight excluding hydrogens is 250 g/mol. The standard InChI is InChI=1S/C16H35N3O/c1-7-19(15(4)10-18(5)6)12-16(8-9-20-13-16)11-17-14(2)3/h14-15,17H,7-13H2,1-6H3. The fourth-order valence-corrected chi connectivity index (χ4v) is 3.04. The lowest BCUT2D eigenvalue weighted by atomic mass is 9.85. The van der Waals surface area contributed by atoms with Crippen LogP contribution in [0, 0.1) is 5.41 Å². The van der Waals surface area contributed by atoms with Gasteiger partial charge in [-0.2, -0.15) is 0 Å². The highest BCUT2D eigenvalue weighted by Crippen LogP contribution is 2.30. The summed E-state index contributed by atoms with van der Waals surface area (Å²) < 4.78 is 5.72. The molecular formula is C16H35N3O. The van der Waals surface area contributed by atoms with E-state index >= 15 is 0 Å². The SMILES string of the molecule is CCN(CC1(CNC(C)C)CCOC1)C(C)CN(C)C. The molecule has 0 saturated carbocycles. The highest BCUT2D eigenvalue weighted by Gasteiger charge is 2.37. The molecule has 1 saturated heterocycles. The predicted octanol–water partition coefficient (Wildman–Crippen LogP) is 1.66. The Balaban J connectivity index is 2.62. The molecule has 0 radical (unpaired) electrons. The molecule has 0 bridgehead atoms. The summed E-state index contributed by atoms with van der Waals surface area (Å²) in [6.45, 7) is 15.3. The van der Waals surface area contributed by atoms with E-state index in [0.717, 1.165) is 39.4 Å². The zero-order valence-electron chi connectivity index (χ0n) is 14.4. The Morgan fingerprint density at radius 3 is 2.40 bits per heavy atom. The molecule has 4 nitrogen and oxygen atoms in total. The van der Waals surface area contributed by atoms with Crippen LogP contribution in [0.2, 0.25) is 0 Å². The minimum Gasteiger partial charge on any atom is -0.381 e. The average molecular weight is 285 g/mol. The number of hydrogen-bond donors (Lipinski definition) is 1. The van der Waals surface area contributed by atoms with E-state index in [-0.39, 0.29) is 0 Å². The molecule has 0 amide bonds.